The molecule has 0 aliphatic rings. The molecule has 1 rings (SSSR count). The standard InChI is InChI=1S/C15H27NO/c1-5-11-16-14(8-6-7-12(2)3)15-10-9-13(4)17-15/h9-10,12,14,16H,5-8,11H2,1-4H3. The van der Waals surface area contributed by atoms with E-state index in [1.807, 2.05) is 6.92 Å². The highest BCUT2D eigenvalue weighted by molar-refractivity contribution is 5.09. The Balaban J connectivity index is 2.48. The average Bonchev–Trinajstić information content (AvgIpc) is 2.69. The molecule has 0 bridgehead atoms. The third-order valence-corrected chi connectivity index (χ3v) is 3.02. The highest BCUT2D eigenvalue weighted by Crippen LogP contribution is 2.22. The average molecular weight is 237 g/mol. The van der Waals surface area contributed by atoms with Crippen molar-refractivity contribution in [3.63, 3.8) is 0 Å². The van der Waals surface area contributed by atoms with Crippen LogP contribution < -0.4 is 5.32 Å². The van der Waals surface area contributed by atoms with Crippen LogP contribution in [0.2, 0.25) is 0 Å². The van der Waals surface area contributed by atoms with Gasteiger partial charge >= 0.3 is 0 Å². The molecule has 0 saturated heterocycles. The predicted octanol–water partition coefficient (Wildman–Crippen LogP) is 4.46. The maximum atomic E-state index is 5.74. The second-order valence-electron chi connectivity index (χ2n) is 5.28. The molecule has 2 heteroatoms. The maximum absolute atomic E-state index is 5.74. The molecular formula is C15H27NO. The Kier molecular flexibility index (Phi) is 6.35. The number of nitrogens with one attached hydrogen (secondary N) is 1. The Morgan fingerprint density at radius 1 is 1.24 bits per heavy atom. The molecular weight excluding hydrogens is 210 g/mol. The molecule has 1 unspecified atom stereocenters. The zero-order valence-electron chi connectivity index (χ0n) is 11.8. The van der Waals surface area contributed by atoms with Crippen LogP contribution in [0.15, 0.2) is 16.5 Å². The van der Waals surface area contributed by atoms with Crippen molar-refractivity contribution in [1.29, 1.82) is 0 Å². The molecule has 0 spiro atoms. The van der Waals surface area contributed by atoms with Crippen molar-refractivity contribution in [3.05, 3.63) is 23.7 Å². The van der Waals surface area contributed by atoms with Crippen LogP contribution in [0.1, 0.15) is 64.0 Å². The zero-order valence-corrected chi connectivity index (χ0v) is 11.8. The first-order chi connectivity index (χ1) is 8.13. The van der Waals surface area contributed by atoms with Crippen LogP contribution in [0.5, 0.6) is 0 Å². The molecule has 0 radical (unpaired) electrons. The van der Waals surface area contributed by atoms with E-state index in [0.29, 0.717) is 6.04 Å². The third kappa shape index (κ3) is 5.40. The van der Waals surface area contributed by atoms with Gasteiger partial charge in [0.05, 0.1) is 6.04 Å². The SMILES string of the molecule is CCCNC(CCCC(C)C)c1ccc(C)o1. The maximum Gasteiger partial charge on any atom is 0.121 e. The van der Waals surface area contributed by atoms with Crippen molar-refractivity contribution < 1.29 is 4.42 Å². The first kappa shape index (κ1) is 14.3. The van der Waals surface area contributed by atoms with Crippen molar-refractivity contribution >= 4 is 0 Å². The summed E-state index contributed by atoms with van der Waals surface area (Å²) in [5.41, 5.74) is 0. The van der Waals surface area contributed by atoms with E-state index in [4.69, 9.17) is 4.42 Å². The molecule has 98 valence electrons. The van der Waals surface area contributed by atoms with Gasteiger partial charge in [-0.25, -0.2) is 0 Å². The van der Waals surface area contributed by atoms with Gasteiger partial charge in [-0.05, 0) is 44.4 Å². The van der Waals surface area contributed by atoms with Gasteiger partial charge in [0, 0.05) is 0 Å². The number of rotatable bonds is 8. The summed E-state index contributed by atoms with van der Waals surface area (Å²) in [7, 11) is 0. The summed E-state index contributed by atoms with van der Waals surface area (Å²) in [6.45, 7) is 9.84. The van der Waals surface area contributed by atoms with E-state index >= 15 is 0 Å². The molecule has 1 atom stereocenters. The van der Waals surface area contributed by atoms with E-state index < -0.39 is 0 Å². The van der Waals surface area contributed by atoms with Crippen molar-refractivity contribution in [2.24, 2.45) is 5.92 Å². The Hall–Kier alpha value is -0.760. The Morgan fingerprint density at radius 2 is 2.00 bits per heavy atom. The van der Waals surface area contributed by atoms with Crippen LogP contribution in [0.25, 0.3) is 0 Å². The minimum absolute atomic E-state index is 0.391. The fourth-order valence-electron chi connectivity index (χ4n) is 2.03. The van der Waals surface area contributed by atoms with Crippen LogP contribution in [-0.4, -0.2) is 6.54 Å². The van der Waals surface area contributed by atoms with Crippen molar-refractivity contribution in [2.45, 2.75) is 59.4 Å². The number of hydrogen-bond acceptors (Lipinski definition) is 2. The van der Waals surface area contributed by atoms with Gasteiger partial charge in [-0.1, -0.05) is 33.6 Å². The second kappa shape index (κ2) is 7.54. The predicted molar refractivity (Wildman–Crippen MR) is 73.2 cm³/mol. The molecule has 1 aromatic heterocycles. The quantitative estimate of drug-likeness (QED) is 0.722. The fraction of sp³-hybridized carbons (Fsp3) is 0.733. The minimum atomic E-state index is 0.391. The minimum Gasteiger partial charge on any atom is -0.465 e. The second-order valence-corrected chi connectivity index (χ2v) is 5.28. The molecule has 1 N–H and O–H groups in total. The van der Waals surface area contributed by atoms with Gasteiger partial charge in [-0.15, -0.1) is 0 Å². The summed E-state index contributed by atoms with van der Waals surface area (Å²) in [6.07, 6.45) is 4.90. The smallest absolute Gasteiger partial charge is 0.121 e. The van der Waals surface area contributed by atoms with Crippen molar-refractivity contribution in [3.8, 4) is 0 Å². The Bertz CT molecular complexity index is 304. The highest BCUT2D eigenvalue weighted by atomic mass is 16.3. The van der Waals surface area contributed by atoms with Crippen molar-refractivity contribution in [1.82, 2.24) is 5.32 Å². The first-order valence-corrected chi connectivity index (χ1v) is 6.93. The molecule has 0 saturated carbocycles. The van der Waals surface area contributed by atoms with Gasteiger partial charge in [-0.2, -0.15) is 0 Å². The Labute approximate surface area is 106 Å². The molecule has 0 fully saturated rings. The fourth-order valence-corrected chi connectivity index (χ4v) is 2.03. The van der Waals surface area contributed by atoms with E-state index in [2.05, 4.69) is 38.2 Å². The van der Waals surface area contributed by atoms with Gasteiger partial charge < -0.3 is 9.73 Å². The first-order valence-electron chi connectivity index (χ1n) is 6.93. The molecule has 17 heavy (non-hydrogen) atoms. The zero-order chi connectivity index (χ0) is 12.7. The molecule has 1 heterocycles. The summed E-state index contributed by atoms with van der Waals surface area (Å²) in [6, 6.07) is 4.55. The third-order valence-electron chi connectivity index (χ3n) is 3.02. The monoisotopic (exact) mass is 237 g/mol. The summed E-state index contributed by atoms with van der Waals surface area (Å²) >= 11 is 0. The molecule has 0 amide bonds. The summed E-state index contributed by atoms with van der Waals surface area (Å²) < 4.78 is 5.74. The summed E-state index contributed by atoms with van der Waals surface area (Å²) in [5, 5.41) is 3.58. The normalized spacial score (nSPS) is 13.2. The topological polar surface area (TPSA) is 25.2 Å². The van der Waals surface area contributed by atoms with Gasteiger partial charge in [0.25, 0.3) is 0 Å². The van der Waals surface area contributed by atoms with Gasteiger partial charge in [0.2, 0.25) is 0 Å². The molecule has 0 aliphatic carbocycles. The lowest BCUT2D eigenvalue weighted by atomic mass is 10.0. The van der Waals surface area contributed by atoms with Crippen LogP contribution in [0.3, 0.4) is 0 Å². The van der Waals surface area contributed by atoms with Gasteiger partial charge in [0.1, 0.15) is 11.5 Å². The van der Waals surface area contributed by atoms with Crippen LogP contribution >= 0.6 is 0 Å². The van der Waals surface area contributed by atoms with Crippen molar-refractivity contribution in [2.75, 3.05) is 6.54 Å². The van der Waals surface area contributed by atoms with E-state index in [0.717, 1.165) is 24.0 Å². The molecule has 1 aromatic rings. The largest absolute Gasteiger partial charge is 0.465 e. The summed E-state index contributed by atoms with van der Waals surface area (Å²) in [4.78, 5) is 0. The van der Waals surface area contributed by atoms with Gasteiger partial charge in [-0.3, -0.25) is 0 Å². The van der Waals surface area contributed by atoms with Gasteiger partial charge in [0.15, 0.2) is 0 Å². The van der Waals surface area contributed by atoms with Crippen LogP contribution in [0.4, 0.5) is 0 Å². The van der Waals surface area contributed by atoms with E-state index in [9.17, 15) is 0 Å². The molecule has 0 aromatic carbocycles. The van der Waals surface area contributed by atoms with E-state index in [1.54, 1.807) is 0 Å². The number of furan rings is 1. The number of aryl methyl sites for hydroxylation is 1. The van der Waals surface area contributed by atoms with Crippen LogP contribution in [-0.2, 0) is 0 Å². The van der Waals surface area contributed by atoms with E-state index in [1.165, 1.54) is 25.7 Å². The lowest BCUT2D eigenvalue weighted by molar-refractivity contribution is 0.369. The van der Waals surface area contributed by atoms with Crippen LogP contribution in [0, 0.1) is 12.8 Å². The summed E-state index contributed by atoms with van der Waals surface area (Å²) in [5.74, 6) is 2.90. The molecule has 2 nitrogen and oxygen atoms in total. The Morgan fingerprint density at radius 3 is 2.53 bits per heavy atom. The van der Waals surface area contributed by atoms with E-state index in [-0.39, 0.29) is 0 Å². The highest BCUT2D eigenvalue weighted by Gasteiger charge is 2.14. The molecule has 0 aliphatic heterocycles. The lowest BCUT2D eigenvalue weighted by Gasteiger charge is -2.16. The number of hydrogen-bond donors (Lipinski definition) is 1. The lowest BCUT2D eigenvalue weighted by Crippen LogP contribution is -2.21.